The second-order valence-corrected chi connectivity index (χ2v) is 3.01. The molecule has 0 saturated carbocycles. The van der Waals surface area contributed by atoms with E-state index in [1.807, 2.05) is 18.4 Å². The van der Waals surface area contributed by atoms with E-state index in [0.29, 0.717) is 11.5 Å². The van der Waals surface area contributed by atoms with Crippen LogP contribution >= 0.6 is 0 Å². The van der Waals surface area contributed by atoms with Crippen LogP contribution in [0.3, 0.4) is 0 Å². The Labute approximate surface area is 88.1 Å². The van der Waals surface area contributed by atoms with Gasteiger partial charge in [-0.25, -0.2) is 5.84 Å². The molecule has 0 bridgehead atoms. The average molecular weight is 210 g/mol. The largest absolute Gasteiger partial charge is 0.493 e. The van der Waals surface area contributed by atoms with Crippen LogP contribution in [0, 0.1) is 6.92 Å². The molecule has 0 unspecified atom stereocenters. The van der Waals surface area contributed by atoms with Crippen molar-refractivity contribution in [2.45, 2.75) is 6.92 Å². The minimum absolute atomic E-state index is 0.129. The highest BCUT2D eigenvalue weighted by atomic mass is 16.5. The number of carbonyl (C=O) groups excluding carboxylic acids is 1. The van der Waals surface area contributed by atoms with Crippen molar-refractivity contribution in [3.8, 4) is 11.5 Å². The molecule has 5 heteroatoms. The van der Waals surface area contributed by atoms with Gasteiger partial charge in [0, 0.05) is 0 Å². The lowest BCUT2D eigenvalue weighted by atomic mass is 10.2. The first-order valence-electron chi connectivity index (χ1n) is 4.44. The fourth-order valence-corrected chi connectivity index (χ4v) is 1.08. The maximum Gasteiger partial charge on any atom is 0.271 e. The van der Waals surface area contributed by atoms with Crippen molar-refractivity contribution in [1.82, 2.24) is 5.43 Å². The lowest BCUT2D eigenvalue weighted by molar-refractivity contribution is -0.123. The van der Waals surface area contributed by atoms with E-state index < -0.39 is 5.91 Å². The molecule has 5 nitrogen and oxygen atoms in total. The molecule has 1 amide bonds. The highest BCUT2D eigenvalue weighted by Gasteiger charge is 2.06. The van der Waals surface area contributed by atoms with Gasteiger partial charge in [0.25, 0.3) is 5.91 Å². The van der Waals surface area contributed by atoms with Crippen molar-refractivity contribution in [3.63, 3.8) is 0 Å². The maximum atomic E-state index is 10.9. The van der Waals surface area contributed by atoms with Crippen molar-refractivity contribution >= 4 is 5.91 Å². The standard InChI is InChI=1S/C10H14N2O3/c1-7-3-4-8(14-2)9(5-7)15-6-10(13)12-11/h3-5H,6,11H2,1-2H3,(H,12,13). The number of hydrazine groups is 1. The van der Waals surface area contributed by atoms with Crippen LogP contribution in [0.15, 0.2) is 18.2 Å². The van der Waals surface area contributed by atoms with Crippen LogP contribution in [0.2, 0.25) is 0 Å². The molecular formula is C10H14N2O3. The minimum Gasteiger partial charge on any atom is -0.493 e. The van der Waals surface area contributed by atoms with Crippen molar-refractivity contribution in [3.05, 3.63) is 23.8 Å². The third-order valence-electron chi connectivity index (χ3n) is 1.84. The molecule has 1 rings (SSSR count). The minimum atomic E-state index is -0.390. The number of nitrogens with one attached hydrogen (secondary N) is 1. The summed E-state index contributed by atoms with van der Waals surface area (Å²) < 4.78 is 10.3. The van der Waals surface area contributed by atoms with Gasteiger partial charge in [-0.15, -0.1) is 0 Å². The zero-order valence-electron chi connectivity index (χ0n) is 8.74. The van der Waals surface area contributed by atoms with E-state index in [1.165, 1.54) is 0 Å². The lowest BCUT2D eigenvalue weighted by Crippen LogP contribution is -2.34. The number of nitrogens with two attached hydrogens (primary N) is 1. The van der Waals surface area contributed by atoms with Crippen LogP contribution < -0.4 is 20.7 Å². The summed E-state index contributed by atoms with van der Waals surface area (Å²) in [4.78, 5) is 10.9. The SMILES string of the molecule is COc1ccc(C)cc1OCC(=O)NN. The third kappa shape index (κ3) is 3.14. The Bertz CT molecular complexity index is 353. The number of amides is 1. The fourth-order valence-electron chi connectivity index (χ4n) is 1.08. The quantitative estimate of drug-likeness (QED) is 0.428. The molecule has 0 radical (unpaired) electrons. The van der Waals surface area contributed by atoms with Gasteiger partial charge in [-0.2, -0.15) is 0 Å². The van der Waals surface area contributed by atoms with Gasteiger partial charge in [0.15, 0.2) is 18.1 Å². The summed E-state index contributed by atoms with van der Waals surface area (Å²) in [7, 11) is 1.54. The van der Waals surface area contributed by atoms with Crippen LogP contribution in [-0.2, 0) is 4.79 Å². The predicted molar refractivity (Wildman–Crippen MR) is 55.6 cm³/mol. The summed E-state index contributed by atoms with van der Waals surface area (Å²) in [5.41, 5.74) is 3.01. The van der Waals surface area contributed by atoms with Crippen molar-refractivity contribution in [2.75, 3.05) is 13.7 Å². The van der Waals surface area contributed by atoms with Crippen LogP contribution in [0.25, 0.3) is 0 Å². The molecule has 0 aliphatic carbocycles. The summed E-state index contributed by atoms with van der Waals surface area (Å²) >= 11 is 0. The highest BCUT2D eigenvalue weighted by molar-refractivity contribution is 5.76. The molecule has 0 aromatic heterocycles. The van der Waals surface area contributed by atoms with E-state index in [2.05, 4.69) is 0 Å². The zero-order chi connectivity index (χ0) is 11.3. The molecule has 1 aromatic rings. The van der Waals surface area contributed by atoms with Gasteiger partial charge in [0.05, 0.1) is 7.11 Å². The fraction of sp³-hybridized carbons (Fsp3) is 0.300. The molecule has 0 saturated heterocycles. The molecule has 3 N–H and O–H groups in total. The summed E-state index contributed by atoms with van der Waals surface area (Å²) in [5, 5.41) is 0. The summed E-state index contributed by atoms with van der Waals surface area (Å²) in [6.45, 7) is 1.80. The van der Waals surface area contributed by atoms with E-state index in [-0.39, 0.29) is 6.61 Å². The van der Waals surface area contributed by atoms with E-state index in [0.717, 1.165) is 5.56 Å². The van der Waals surface area contributed by atoms with Crippen LogP contribution in [-0.4, -0.2) is 19.6 Å². The molecule has 82 valence electrons. The second-order valence-electron chi connectivity index (χ2n) is 3.01. The number of aryl methyl sites for hydroxylation is 1. The Morgan fingerprint density at radius 1 is 1.47 bits per heavy atom. The van der Waals surface area contributed by atoms with Crippen LogP contribution in [0.1, 0.15) is 5.56 Å². The number of hydrogen-bond acceptors (Lipinski definition) is 4. The number of benzene rings is 1. The van der Waals surface area contributed by atoms with Gasteiger partial charge >= 0.3 is 0 Å². The average Bonchev–Trinajstić information content (AvgIpc) is 2.26. The zero-order valence-corrected chi connectivity index (χ0v) is 8.74. The first-order valence-corrected chi connectivity index (χ1v) is 4.44. The molecule has 0 atom stereocenters. The summed E-state index contributed by atoms with van der Waals surface area (Å²) in [6.07, 6.45) is 0. The topological polar surface area (TPSA) is 73.6 Å². The van der Waals surface area contributed by atoms with Gasteiger partial charge in [-0.1, -0.05) is 6.07 Å². The summed E-state index contributed by atoms with van der Waals surface area (Å²) in [5.74, 6) is 5.65. The second kappa shape index (κ2) is 5.21. The number of rotatable bonds is 4. The first kappa shape index (κ1) is 11.3. The van der Waals surface area contributed by atoms with Crippen LogP contribution in [0.5, 0.6) is 11.5 Å². The first-order chi connectivity index (χ1) is 7.17. The van der Waals surface area contributed by atoms with Crippen molar-refractivity contribution < 1.29 is 14.3 Å². The molecule has 0 aliphatic heterocycles. The van der Waals surface area contributed by atoms with Gasteiger partial charge in [0.2, 0.25) is 0 Å². The Morgan fingerprint density at radius 2 is 2.20 bits per heavy atom. The van der Waals surface area contributed by atoms with Crippen LogP contribution in [0.4, 0.5) is 0 Å². The van der Waals surface area contributed by atoms with E-state index in [9.17, 15) is 4.79 Å². The normalized spacial score (nSPS) is 9.53. The van der Waals surface area contributed by atoms with Gasteiger partial charge in [0.1, 0.15) is 0 Å². The third-order valence-corrected chi connectivity index (χ3v) is 1.84. The lowest BCUT2D eigenvalue weighted by Gasteiger charge is -2.10. The maximum absolute atomic E-state index is 10.9. The van der Waals surface area contributed by atoms with Crippen molar-refractivity contribution in [2.24, 2.45) is 5.84 Å². The molecule has 0 spiro atoms. The molecule has 0 heterocycles. The van der Waals surface area contributed by atoms with E-state index in [1.54, 1.807) is 19.2 Å². The predicted octanol–water partition coefficient (Wildman–Crippen LogP) is 0.372. The van der Waals surface area contributed by atoms with Gasteiger partial charge in [-0.05, 0) is 24.6 Å². The Balaban J connectivity index is 2.74. The molecule has 1 aromatic carbocycles. The van der Waals surface area contributed by atoms with Gasteiger partial charge in [-0.3, -0.25) is 10.2 Å². The number of carbonyl (C=O) groups is 1. The van der Waals surface area contributed by atoms with Gasteiger partial charge < -0.3 is 9.47 Å². The number of ether oxygens (including phenoxy) is 2. The summed E-state index contributed by atoms with van der Waals surface area (Å²) in [6, 6.07) is 5.47. The van der Waals surface area contributed by atoms with E-state index in [4.69, 9.17) is 15.3 Å². The Morgan fingerprint density at radius 3 is 2.80 bits per heavy atom. The highest BCUT2D eigenvalue weighted by Crippen LogP contribution is 2.27. The molecule has 0 aliphatic rings. The molecule has 15 heavy (non-hydrogen) atoms. The Hall–Kier alpha value is -1.75. The number of methoxy groups -OCH3 is 1. The molecule has 0 fully saturated rings. The van der Waals surface area contributed by atoms with Crippen molar-refractivity contribution in [1.29, 1.82) is 0 Å². The number of hydrogen-bond donors (Lipinski definition) is 2. The monoisotopic (exact) mass is 210 g/mol. The van der Waals surface area contributed by atoms with E-state index >= 15 is 0 Å². The Kier molecular flexibility index (Phi) is 3.93. The molecular weight excluding hydrogens is 196 g/mol. The smallest absolute Gasteiger partial charge is 0.271 e.